The fourth-order valence-corrected chi connectivity index (χ4v) is 2.43. The van der Waals surface area contributed by atoms with Gasteiger partial charge in [-0.05, 0) is 22.7 Å². The lowest BCUT2D eigenvalue weighted by Crippen LogP contribution is -2.22. The average Bonchev–Trinajstić information content (AvgIpc) is 3.00. The van der Waals surface area contributed by atoms with Crippen molar-refractivity contribution >= 4 is 17.5 Å². The van der Waals surface area contributed by atoms with E-state index < -0.39 is 4.92 Å². The fourth-order valence-electron chi connectivity index (χ4n) is 2.43. The molecule has 0 bridgehead atoms. The van der Waals surface area contributed by atoms with Crippen molar-refractivity contribution in [2.45, 2.75) is 19.8 Å². The Morgan fingerprint density at radius 3 is 2.87 bits per heavy atom. The minimum atomic E-state index is -0.484. The van der Waals surface area contributed by atoms with E-state index >= 15 is 0 Å². The van der Waals surface area contributed by atoms with Crippen LogP contribution in [0.1, 0.15) is 23.5 Å². The molecule has 2 rings (SSSR count). The lowest BCUT2D eigenvalue weighted by atomic mass is 10.1. The first kappa shape index (κ1) is 16.3. The van der Waals surface area contributed by atoms with Crippen molar-refractivity contribution in [3.8, 4) is 6.07 Å². The SMILES string of the molecule is Cc1nc([N+](=O)[O-])c(N(C)CCCc2[nH]nc(N)c2C#N)n1C. The van der Waals surface area contributed by atoms with Gasteiger partial charge >= 0.3 is 5.82 Å². The van der Waals surface area contributed by atoms with Crippen LogP contribution in [0.3, 0.4) is 0 Å². The maximum absolute atomic E-state index is 11.1. The Kier molecular flexibility index (Phi) is 4.49. The second-order valence-electron chi connectivity index (χ2n) is 5.22. The van der Waals surface area contributed by atoms with Crippen LogP contribution in [0.15, 0.2) is 0 Å². The Hall–Kier alpha value is -3.09. The Labute approximate surface area is 132 Å². The van der Waals surface area contributed by atoms with E-state index in [1.165, 1.54) is 0 Å². The Balaban J connectivity index is 2.07. The number of nitrogens with two attached hydrogens (primary N) is 1. The molecule has 23 heavy (non-hydrogen) atoms. The van der Waals surface area contributed by atoms with Gasteiger partial charge in [-0.2, -0.15) is 10.4 Å². The van der Waals surface area contributed by atoms with Crippen molar-refractivity contribution in [1.29, 1.82) is 5.26 Å². The molecule has 2 heterocycles. The largest absolute Gasteiger partial charge is 0.406 e. The highest BCUT2D eigenvalue weighted by Crippen LogP contribution is 2.27. The highest BCUT2D eigenvalue weighted by atomic mass is 16.6. The normalized spacial score (nSPS) is 10.5. The zero-order valence-corrected chi connectivity index (χ0v) is 13.2. The number of nitrogen functional groups attached to an aromatic ring is 1. The quantitative estimate of drug-likeness (QED) is 0.594. The summed E-state index contributed by atoms with van der Waals surface area (Å²) >= 11 is 0. The third kappa shape index (κ3) is 3.08. The van der Waals surface area contributed by atoms with Gasteiger partial charge in [0.2, 0.25) is 11.6 Å². The Morgan fingerprint density at radius 1 is 1.57 bits per heavy atom. The number of aromatic nitrogens is 4. The highest BCUT2D eigenvalue weighted by Gasteiger charge is 2.26. The molecule has 3 N–H and O–H groups in total. The van der Waals surface area contributed by atoms with Gasteiger partial charge in [-0.1, -0.05) is 0 Å². The summed E-state index contributed by atoms with van der Waals surface area (Å²) < 4.78 is 1.69. The number of aryl methyl sites for hydroxylation is 2. The van der Waals surface area contributed by atoms with E-state index in [0.29, 0.717) is 42.3 Å². The van der Waals surface area contributed by atoms with Crippen LogP contribution < -0.4 is 10.6 Å². The number of anilines is 2. The molecule has 0 radical (unpaired) electrons. The standard InChI is InChI=1S/C13H18N8O2/c1-8-16-12(21(22)23)13(20(8)3)19(2)6-4-5-10-9(7-14)11(15)18-17-10/h4-6H2,1-3H3,(H3,15,17,18). The number of rotatable bonds is 6. The van der Waals surface area contributed by atoms with Gasteiger partial charge in [0, 0.05) is 27.6 Å². The molecular weight excluding hydrogens is 300 g/mol. The average molecular weight is 318 g/mol. The lowest BCUT2D eigenvalue weighted by Gasteiger charge is -2.18. The molecule has 0 saturated carbocycles. The zero-order valence-electron chi connectivity index (χ0n) is 13.2. The van der Waals surface area contributed by atoms with E-state index in [4.69, 9.17) is 11.0 Å². The molecular formula is C13H18N8O2. The van der Waals surface area contributed by atoms with Crippen LogP contribution in [0.5, 0.6) is 0 Å². The van der Waals surface area contributed by atoms with E-state index in [-0.39, 0.29) is 11.6 Å². The predicted molar refractivity (Wildman–Crippen MR) is 83.9 cm³/mol. The molecule has 2 aromatic rings. The van der Waals surface area contributed by atoms with E-state index in [0.717, 1.165) is 0 Å². The first-order valence-corrected chi connectivity index (χ1v) is 6.98. The summed E-state index contributed by atoms with van der Waals surface area (Å²) in [6.45, 7) is 2.28. The molecule has 2 aromatic heterocycles. The van der Waals surface area contributed by atoms with Gasteiger partial charge in [0.25, 0.3) is 0 Å². The molecule has 0 unspecified atom stereocenters. The number of nitrogens with one attached hydrogen (secondary N) is 1. The van der Waals surface area contributed by atoms with Crippen LogP contribution in [0.2, 0.25) is 0 Å². The molecule has 0 atom stereocenters. The Morgan fingerprint density at radius 2 is 2.26 bits per heavy atom. The van der Waals surface area contributed by atoms with Crippen molar-refractivity contribution in [2.24, 2.45) is 7.05 Å². The number of nitro groups is 1. The number of nitrogens with zero attached hydrogens (tertiary/aromatic N) is 6. The van der Waals surface area contributed by atoms with Gasteiger partial charge in [0.05, 0.1) is 5.69 Å². The lowest BCUT2D eigenvalue weighted by molar-refractivity contribution is -0.388. The first-order chi connectivity index (χ1) is 10.9. The van der Waals surface area contributed by atoms with Gasteiger partial charge in [-0.3, -0.25) is 9.67 Å². The molecule has 0 amide bonds. The summed E-state index contributed by atoms with van der Waals surface area (Å²) in [5.74, 6) is 1.06. The molecule has 0 aliphatic carbocycles. The van der Waals surface area contributed by atoms with Crippen molar-refractivity contribution in [3.63, 3.8) is 0 Å². The van der Waals surface area contributed by atoms with Crippen molar-refractivity contribution in [3.05, 3.63) is 27.2 Å². The smallest absolute Gasteiger partial charge is 0.381 e. The van der Waals surface area contributed by atoms with E-state index in [1.807, 2.05) is 6.07 Å². The van der Waals surface area contributed by atoms with Crippen LogP contribution in [0.25, 0.3) is 0 Å². The van der Waals surface area contributed by atoms with Gasteiger partial charge in [0.15, 0.2) is 5.82 Å². The molecule has 0 spiro atoms. The number of imidazole rings is 1. The highest BCUT2D eigenvalue weighted by molar-refractivity contribution is 5.55. The zero-order chi connectivity index (χ0) is 17.1. The van der Waals surface area contributed by atoms with Gasteiger partial charge in [-0.25, -0.2) is 0 Å². The third-order valence-corrected chi connectivity index (χ3v) is 3.71. The van der Waals surface area contributed by atoms with Crippen LogP contribution in [0.4, 0.5) is 17.5 Å². The van der Waals surface area contributed by atoms with E-state index in [2.05, 4.69) is 15.2 Å². The summed E-state index contributed by atoms with van der Waals surface area (Å²) in [6.07, 6.45) is 1.25. The summed E-state index contributed by atoms with van der Waals surface area (Å²) in [5, 5.41) is 26.7. The molecule has 0 aliphatic rings. The maximum atomic E-state index is 11.1. The molecule has 10 nitrogen and oxygen atoms in total. The minimum absolute atomic E-state index is 0.156. The topological polar surface area (TPSA) is 143 Å². The minimum Gasteiger partial charge on any atom is -0.381 e. The first-order valence-electron chi connectivity index (χ1n) is 6.98. The molecule has 122 valence electrons. The number of nitriles is 1. The van der Waals surface area contributed by atoms with Gasteiger partial charge in [0.1, 0.15) is 11.6 Å². The monoisotopic (exact) mass is 318 g/mol. The van der Waals surface area contributed by atoms with Gasteiger partial charge in [-0.15, -0.1) is 0 Å². The summed E-state index contributed by atoms with van der Waals surface area (Å²) in [6, 6.07) is 2.01. The van der Waals surface area contributed by atoms with Crippen molar-refractivity contribution in [1.82, 2.24) is 19.7 Å². The Bertz CT molecular complexity index is 770. The fraction of sp³-hybridized carbons (Fsp3) is 0.462. The molecule has 0 aromatic carbocycles. The second-order valence-corrected chi connectivity index (χ2v) is 5.22. The third-order valence-electron chi connectivity index (χ3n) is 3.71. The van der Waals surface area contributed by atoms with E-state index in [1.54, 1.807) is 30.5 Å². The summed E-state index contributed by atoms with van der Waals surface area (Å²) in [7, 11) is 3.51. The number of H-pyrrole nitrogens is 1. The molecule has 0 aliphatic heterocycles. The van der Waals surface area contributed by atoms with Crippen LogP contribution in [0, 0.1) is 28.4 Å². The van der Waals surface area contributed by atoms with Crippen LogP contribution in [-0.2, 0) is 13.5 Å². The van der Waals surface area contributed by atoms with Crippen LogP contribution in [-0.4, -0.2) is 38.3 Å². The maximum Gasteiger partial charge on any atom is 0.406 e. The van der Waals surface area contributed by atoms with Gasteiger partial charge < -0.3 is 20.7 Å². The number of hydrogen-bond donors (Lipinski definition) is 2. The number of hydrogen-bond acceptors (Lipinski definition) is 7. The number of aromatic amines is 1. The molecule has 0 fully saturated rings. The van der Waals surface area contributed by atoms with Crippen LogP contribution >= 0.6 is 0 Å². The van der Waals surface area contributed by atoms with Crippen molar-refractivity contribution < 1.29 is 4.92 Å². The van der Waals surface area contributed by atoms with Crippen molar-refractivity contribution in [2.75, 3.05) is 24.2 Å². The summed E-state index contributed by atoms with van der Waals surface area (Å²) in [4.78, 5) is 16.4. The summed E-state index contributed by atoms with van der Waals surface area (Å²) in [5.41, 5.74) is 6.62. The van der Waals surface area contributed by atoms with E-state index in [9.17, 15) is 10.1 Å². The molecule has 10 heteroatoms. The molecule has 0 saturated heterocycles. The predicted octanol–water partition coefficient (Wildman–Crippen LogP) is 0.883. The second kappa shape index (κ2) is 6.35.